The molecule has 1 unspecified atom stereocenters. The van der Waals surface area contributed by atoms with Gasteiger partial charge in [-0.05, 0) is 30.2 Å². The van der Waals surface area contributed by atoms with Crippen molar-refractivity contribution < 1.29 is 22.7 Å². The summed E-state index contributed by atoms with van der Waals surface area (Å²) in [6, 6.07) is 5.42. The van der Waals surface area contributed by atoms with Crippen molar-refractivity contribution in [2.75, 3.05) is 38.4 Å². The molecule has 0 spiro atoms. The Balaban J connectivity index is 1.38. The zero-order chi connectivity index (χ0) is 27.6. The number of nitrogens with zero attached hydrogens (tertiary/aromatic N) is 4. The standard InChI is InChI=1S/C26H30N6O5S2/c1-4-19-12-32(5-6-37-19)13-24-29-23(14-38-24)25(33)30-21-8-16(9-22-20(21)11-28-31-22)17-7-18(15-39(3,34)35)26(36-2)27-10-17/h7-11,14,19H,4-6,12-13,15H2,1-3H3,(H,28,31)(H,30,33). The number of ether oxygens (including phenoxy) is 2. The molecular weight excluding hydrogens is 540 g/mol. The van der Waals surface area contributed by atoms with E-state index in [9.17, 15) is 13.2 Å². The molecule has 13 heteroatoms. The number of rotatable bonds is 9. The van der Waals surface area contributed by atoms with Crippen LogP contribution in [0.15, 0.2) is 36.0 Å². The van der Waals surface area contributed by atoms with Crippen LogP contribution in [-0.4, -0.2) is 78.6 Å². The predicted molar refractivity (Wildman–Crippen MR) is 150 cm³/mol. The number of morpholine rings is 1. The number of H-pyrrole nitrogens is 1. The number of pyridine rings is 1. The maximum atomic E-state index is 13.2. The molecule has 3 aromatic heterocycles. The smallest absolute Gasteiger partial charge is 0.275 e. The van der Waals surface area contributed by atoms with Crippen molar-refractivity contribution in [1.82, 2.24) is 25.1 Å². The summed E-state index contributed by atoms with van der Waals surface area (Å²) in [5.41, 5.74) is 3.46. The molecule has 5 rings (SSSR count). The van der Waals surface area contributed by atoms with Crippen molar-refractivity contribution in [3.05, 3.63) is 52.2 Å². The average Bonchev–Trinajstić information content (AvgIpc) is 3.58. The fourth-order valence-electron chi connectivity index (χ4n) is 4.58. The fraction of sp³-hybridized carbons (Fsp3) is 0.385. The minimum atomic E-state index is -3.31. The van der Waals surface area contributed by atoms with Crippen LogP contribution in [0.1, 0.15) is 34.4 Å². The SMILES string of the molecule is CCC1CN(Cc2nc(C(=O)Nc3cc(-c4cnc(OC)c(CS(C)(=O)=O)c4)cc4[nH]ncc34)cs2)CCO1. The van der Waals surface area contributed by atoms with Crippen LogP contribution >= 0.6 is 11.3 Å². The van der Waals surface area contributed by atoms with Crippen LogP contribution in [0.4, 0.5) is 5.69 Å². The first kappa shape index (κ1) is 27.2. The van der Waals surface area contributed by atoms with Gasteiger partial charge in [-0.3, -0.25) is 14.8 Å². The molecule has 4 heterocycles. The average molecular weight is 571 g/mol. The van der Waals surface area contributed by atoms with Crippen molar-refractivity contribution in [1.29, 1.82) is 0 Å². The molecule has 11 nitrogen and oxygen atoms in total. The number of fused-ring (bicyclic) bond motifs is 1. The number of thiazole rings is 1. The Morgan fingerprint density at radius 2 is 2.13 bits per heavy atom. The summed E-state index contributed by atoms with van der Waals surface area (Å²) in [4.78, 5) is 24.4. The molecule has 39 heavy (non-hydrogen) atoms. The van der Waals surface area contributed by atoms with Gasteiger partial charge in [0, 0.05) is 47.4 Å². The molecule has 0 bridgehead atoms. The van der Waals surface area contributed by atoms with Gasteiger partial charge in [0.2, 0.25) is 5.88 Å². The second kappa shape index (κ2) is 11.4. The molecule has 0 aliphatic carbocycles. The van der Waals surface area contributed by atoms with Crippen molar-refractivity contribution in [3.8, 4) is 17.0 Å². The highest BCUT2D eigenvalue weighted by molar-refractivity contribution is 7.89. The van der Waals surface area contributed by atoms with E-state index in [-0.39, 0.29) is 23.6 Å². The van der Waals surface area contributed by atoms with Crippen LogP contribution in [0, 0.1) is 0 Å². The molecule has 1 aliphatic rings. The first-order valence-electron chi connectivity index (χ1n) is 12.5. The van der Waals surface area contributed by atoms with E-state index in [2.05, 4.69) is 37.3 Å². The summed E-state index contributed by atoms with van der Waals surface area (Å²) in [6.45, 7) is 5.20. The van der Waals surface area contributed by atoms with Crippen LogP contribution < -0.4 is 10.1 Å². The van der Waals surface area contributed by atoms with Gasteiger partial charge in [-0.15, -0.1) is 11.3 Å². The van der Waals surface area contributed by atoms with E-state index in [4.69, 9.17) is 9.47 Å². The number of benzene rings is 1. The summed E-state index contributed by atoms with van der Waals surface area (Å²) in [5, 5.41) is 13.4. The highest BCUT2D eigenvalue weighted by Crippen LogP contribution is 2.32. The summed E-state index contributed by atoms with van der Waals surface area (Å²) >= 11 is 1.46. The van der Waals surface area contributed by atoms with Gasteiger partial charge < -0.3 is 14.8 Å². The summed E-state index contributed by atoms with van der Waals surface area (Å²) < 4.78 is 34.9. The number of aromatic nitrogens is 4. The van der Waals surface area contributed by atoms with Crippen LogP contribution in [-0.2, 0) is 26.9 Å². The Morgan fingerprint density at radius 3 is 2.90 bits per heavy atom. The van der Waals surface area contributed by atoms with Crippen LogP contribution in [0.3, 0.4) is 0 Å². The first-order valence-corrected chi connectivity index (χ1v) is 15.4. The molecule has 1 aromatic carbocycles. The second-order valence-electron chi connectivity index (χ2n) is 9.53. The molecule has 206 valence electrons. The Bertz CT molecular complexity index is 1600. The van der Waals surface area contributed by atoms with Crippen LogP contribution in [0.2, 0.25) is 0 Å². The van der Waals surface area contributed by atoms with Crippen LogP contribution in [0.5, 0.6) is 5.88 Å². The molecule has 1 saturated heterocycles. The lowest BCUT2D eigenvalue weighted by Gasteiger charge is -2.31. The Morgan fingerprint density at radius 1 is 1.28 bits per heavy atom. The van der Waals surface area contributed by atoms with Gasteiger partial charge in [0.1, 0.15) is 10.7 Å². The number of hydrogen-bond donors (Lipinski definition) is 2. The van der Waals surface area contributed by atoms with Gasteiger partial charge in [-0.25, -0.2) is 18.4 Å². The Kier molecular flexibility index (Phi) is 7.93. The summed E-state index contributed by atoms with van der Waals surface area (Å²) in [5.74, 6) is -0.277. The number of methoxy groups -OCH3 is 1. The Hall–Kier alpha value is -3.39. The lowest BCUT2D eigenvalue weighted by atomic mass is 10.0. The first-order chi connectivity index (χ1) is 18.7. The number of aromatic amines is 1. The van der Waals surface area contributed by atoms with E-state index in [1.54, 1.807) is 23.8 Å². The van der Waals surface area contributed by atoms with Crippen LogP contribution in [0.25, 0.3) is 22.0 Å². The van der Waals surface area contributed by atoms with E-state index in [1.165, 1.54) is 18.4 Å². The fourth-order valence-corrected chi connectivity index (χ4v) is 6.17. The zero-order valence-corrected chi connectivity index (χ0v) is 23.6. The molecule has 1 atom stereocenters. The third kappa shape index (κ3) is 6.44. The quantitative estimate of drug-likeness (QED) is 0.309. The highest BCUT2D eigenvalue weighted by Gasteiger charge is 2.21. The molecule has 4 aromatic rings. The second-order valence-corrected chi connectivity index (χ2v) is 12.6. The van der Waals surface area contributed by atoms with Gasteiger partial charge in [0.05, 0.1) is 49.5 Å². The molecule has 0 radical (unpaired) electrons. The number of hydrogen-bond acceptors (Lipinski definition) is 10. The van der Waals surface area contributed by atoms with E-state index in [0.717, 1.165) is 41.7 Å². The molecule has 2 N–H and O–H groups in total. The molecule has 0 saturated carbocycles. The Labute approximate surface area is 230 Å². The van der Waals surface area contributed by atoms with Crippen molar-refractivity contribution in [2.45, 2.75) is 31.7 Å². The van der Waals surface area contributed by atoms with E-state index >= 15 is 0 Å². The molecule has 1 fully saturated rings. The maximum Gasteiger partial charge on any atom is 0.275 e. The molecule has 1 aliphatic heterocycles. The third-order valence-electron chi connectivity index (χ3n) is 6.50. The third-order valence-corrected chi connectivity index (χ3v) is 8.17. The monoisotopic (exact) mass is 570 g/mol. The number of amides is 1. The number of sulfone groups is 1. The number of carbonyl (C=O) groups is 1. The van der Waals surface area contributed by atoms with E-state index in [0.29, 0.717) is 41.2 Å². The summed E-state index contributed by atoms with van der Waals surface area (Å²) in [6.07, 6.45) is 5.61. The van der Waals surface area contributed by atoms with E-state index < -0.39 is 9.84 Å². The molecular formula is C26H30N6O5S2. The number of carbonyl (C=O) groups excluding carboxylic acids is 1. The van der Waals surface area contributed by atoms with Gasteiger partial charge in [-0.1, -0.05) is 6.92 Å². The minimum absolute atomic E-state index is 0.206. The van der Waals surface area contributed by atoms with Crippen molar-refractivity contribution in [2.24, 2.45) is 0 Å². The largest absolute Gasteiger partial charge is 0.481 e. The molecule has 1 amide bonds. The topological polar surface area (TPSA) is 139 Å². The minimum Gasteiger partial charge on any atom is -0.481 e. The lowest BCUT2D eigenvalue weighted by molar-refractivity contribution is -0.0324. The van der Waals surface area contributed by atoms with Crippen molar-refractivity contribution in [3.63, 3.8) is 0 Å². The van der Waals surface area contributed by atoms with Gasteiger partial charge in [0.25, 0.3) is 5.91 Å². The van der Waals surface area contributed by atoms with Gasteiger partial charge in [-0.2, -0.15) is 5.10 Å². The predicted octanol–water partition coefficient (Wildman–Crippen LogP) is 3.50. The lowest BCUT2D eigenvalue weighted by Crippen LogP contribution is -2.41. The zero-order valence-electron chi connectivity index (χ0n) is 21.9. The highest BCUT2D eigenvalue weighted by atomic mass is 32.2. The van der Waals surface area contributed by atoms with Gasteiger partial charge in [0.15, 0.2) is 9.84 Å². The maximum absolute atomic E-state index is 13.2. The normalized spacial score (nSPS) is 16.4. The van der Waals surface area contributed by atoms with E-state index in [1.807, 2.05) is 12.1 Å². The number of nitrogens with one attached hydrogen (secondary N) is 2. The van der Waals surface area contributed by atoms with Crippen molar-refractivity contribution >= 4 is 43.7 Å². The number of anilines is 1. The van der Waals surface area contributed by atoms with Gasteiger partial charge >= 0.3 is 0 Å². The summed E-state index contributed by atoms with van der Waals surface area (Å²) in [7, 11) is -1.86.